The Labute approximate surface area is 123 Å². The molecule has 0 N–H and O–H groups in total. The number of esters is 1. The van der Waals surface area contributed by atoms with E-state index >= 15 is 0 Å². The van der Waals surface area contributed by atoms with E-state index in [0.717, 1.165) is 10.7 Å². The fourth-order valence-electron chi connectivity index (χ4n) is 1.42. The summed E-state index contributed by atoms with van der Waals surface area (Å²) < 4.78 is 4.65. The molecule has 0 aromatic carbocycles. The zero-order valence-corrected chi connectivity index (χ0v) is 13.0. The number of ether oxygens (including phenoxy) is 1. The van der Waals surface area contributed by atoms with E-state index in [2.05, 4.69) is 14.7 Å². The molecule has 0 saturated heterocycles. The molecule has 8 heteroatoms. The van der Waals surface area contributed by atoms with Gasteiger partial charge in [0.25, 0.3) is 0 Å². The average molecular weight is 318 g/mol. The van der Waals surface area contributed by atoms with Crippen molar-refractivity contribution in [3.63, 3.8) is 0 Å². The third-order valence-electron chi connectivity index (χ3n) is 2.31. The molecule has 2 aromatic heterocycles. The molecule has 102 valence electrons. The largest absolute Gasteiger partial charge is 0.465 e. The SMILES string of the molecule is COC(=O)c1sc(N(C)Cc2nc(C)cs2)nc1Cl. The van der Waals surface area contributed by atoms with Gasteiger partial charge in [0.1, 0.15) is 5.01 Å². The number of thiazole rings is 2. The first-order valence-corrected chi connectivity index (χ1v) is 7.45. The summed E-state index contributed by atoms with van der Waals surface area (Å²) in [7, 11) is 3.20. The molecule has 2 heterocycles. The summed E-state index contributed by atoms with van der Waals surface area (Å²) in [5.74, 6) is -0.466. The van der Waals surface area contributed by atoms with Crippen molar-refractivity contribution in [1.82, 2.24) is 9.97 Å². The lowest BCUT2D eigenvalue weighted by molar-refractivity contribution is 0.0606. The predicted molar refractivity (Wildman–Crippen MR) is 77.4 cm³/mol. The smallest absolute Gasteiger partial charge is 0.351 e. The number of rotatable bonds is 4. The van der Waals surface area contributed by atoms with E-state index in [1.807, 2.05) is 24.3 Å². The van der Waals surface area contributed by atoms with E-state index in [1.54, 1.807) is 11.3 Å². The van der Waals surface area contributed by atoms with E-state index in [4.69, 9.17) is 11.6 Å². The lowest BCUT2D eigenvalue weighted by Crippen LogP contribution is -2.15. The van der Waals surface area contributed by atoms with Crippen molar-refractivity contribution in [2.24, 2.45) is 0 Å². The summed E-state index contributed by atoms with van der Waals surface area (Å²) >= 11 is 8.73. The number of hydrogen-bond donors (Lipinski definition) is 0. The molecule has 0 unspecified atom stereocenters. The number of aromatic nitrogens is 2. The predicted octanol–water partition coefficient (Wildman–Crippen LogP) is 2.98. The minimum atomic E-state index is -0.466. The maximum Gasteiger partial charge on any atom is 0.351 e. The van der Waals surface area contributed by atoms with E-state index in [-0.39, 0.29) is 5.15 Å². The van der Waals surface area contributed by atoms with Crippen LogP contribution in [0.4, 0.5) is 5.13 Å². The van der Waals surface area contributed by atoms with Crippen LogP contribution in [-0.2, 0) is 11.3 Å². The topological polar surface area (TPSA) is 55.3 Å². The molecule has 0 aliphatic heterocycles. The zero-order valence-electron chi connectivity index (χ0n) is 10.6. The van der Waals surface area contributed by atoms with Crippen LogP contribution < -0.4 is 4.90 Å². The second kappa shape index (κ2) is 5.85. The Hall–Kier alpha value is -1.18. The van der Waals surface area contributed by atoms with Gasteiger partial charge in [-0.15, -0.1) is 11.3 Å². The molecule has 0 radical (unpaired) electrons. The summed E-state index contributed by atoms with van der Waals surface area (Å²) in [6, 6.07) is 0. The highest BCUT2D eigenvalue weighted by molar-refractivity contribution is 7.18. The molecule has 2 aromatic rings. The van der Waals surface area contributed by atoms with Crippen LogP contribution in [0.25, 0.3) is 0 Å². The lowest BCUT2D eigenvalue weighted by atomic mass is 10.5. The highest BCUT2D eigenvalue weighted by atomic mass is 35.5. The van der Waals surface area contributed by atoms with E-state index in [0.29, 0.717) is 16.6 Å². The minimum absolute atomic E-state index is 0.175. The van der Waals surface area contributed by atoms with Gasteiger partial charge in [0.15, 0.2) is 15.2 Å². The molecule has 2 rings (SSSR count). The second-order valence-electron chi connectivity index (χ2n) is 3.85. The molecule has 0 bridgehead atoms. The molecular formula is C11H12ClN3O2S2. The normalized spacial score (nSPS) is 10.5. The Kier molecular flexibility index (Phi) is 4.38. The van der Waals surface area contributed by atoms with Crippen molar-refractivity contribution in [2.45, 2.75) is 13.5 Å². The maximum atomic E-state index is 11.5. The van der Waals surface area contributed by atoms with Crippen LogP contribution in [0.15, 0.2) is 5.38 Å². The minimum Gasteiger partial charge on any atom is -0.465 e. The maximum absolute atomic E-state index is 11.5. The molecule has 0 saturated carbocycles. The van der Waals surface area contributed by atoms with Crippen LogP contribution in [0.5, 0.6) is 0 Å². The van der Waals surface area contributed by atoms with Crippen molar-refractivity contribution in [1.29, 1.82) is 0 Å². The Morgan fingerprint density at radius 3 is 2.84 bits per heavy atom. The number of anilines is 1. The van der Waals surface area contributed by atoms with Gasteiger partial charge in [0, 0.05) is 18.1 Å². The van der Waals surface area contributed by atoms with Gasteiger partial charge in [-0.3, -0.25) is 0 Å². The van der Waals surface area contributed by atoms with Crippen molar-refractivity contribution < 1.29 is 9.53 Å². The molecular weight excluding hydrogens is 306 g/mol. The van der Waals surface area contributed by atoms with Crippen molar-refractivity contribution >= 4 is 45.4 Å². The van der Waals surface area contributed by atoms with Crippen LogP contribution in [0.2, 0.25) is 5.15 Å². The second-order valence-corrected chi connectivity index (χ2v) is 6.12. The van der Waals surface area contributed by atoms with Crippen molar-refractivity contribution in [2.75, 3.05) is 19.1 Å². The van der Waals surface area contributed by atoms with Crippen molar-refractivity contribution in [3.8, 4) is 0 Å². The molecule has 0 atom stereocenters. The van der Waals surface area contributed by atoms with Crippen molar-refractivity contribution in [3.05, 3.63) is 26.1 Å². The molecule has 0 spiro atoms. The monoisotopic (exact) mass is 317 g/mol. The molecule has 0 aliphatic rings. The van der Waals surface area contributed by atoms with Gasteiger partial charge in [0.05, 0.1) is 13.7 Å². The highest BCUT2D eigenvalue weighted by Crippen LogP contribution is 2.30. The molecule has 0 aliphatic carbocycles. The average Bonchev–Trinajstić information content (AvgIpc) is 2.95. The summed E-state index contributed by atoms with van der Waals surface area (Å²) in [5, 5.41) is 3.83. The van der Waals surface area contributed by atoms with E-state index < -0.39 is 5.97 Å². The number of nitrogens with zero attached hydrogens (tertiary/aromatic N) is 3. The zero-order chi connectivity index (χ0) is 14.0. The summed E-state index contributed by atoms with van der Waals surface area (Å²) in [6.07, 6.45) is 0. The number of halogens is 1. The Morgan fingerprint density at radius 2 is 2.26 bits per heavy atom. The third-order valence-corrected chi connectivity index (χ3v) is 4.80. The Morgan fingerprint density at radius 1 is 1.53 bits per heavy atom. The van der Waals surface area contributed by atoms with Crippen LogP contribution in [0.1, 0.15) is 20.4 Å². The van der Waals surface area contributed by atoms with Gasteiger partial charge in [0.2, 0.25) is 0 Å². The summed E-state index contributed by atoms with van der Waals surface area (Å²) in [5.41, 5.74) is 1.00. The van der Waals surface area contributed by atoms with Gasteiger partial charge >= 0.3 is 5.97 Å². The fourth-order valence-corrected chi connectivity index (χ4v) is 3.40. The van der Waals surface area contributed by atoms with Crippen LogP contribution in [-0.4, -0.2) is 30.1 Å². The van der Waals surface area contributed by atoms with Crippen LogP contribution in [0.3, 0.4) is 0 Å². The van der Waals surface area contributed by atoms with Gasteiger partial charge < -0.3 is 9.64 Å². The quantitative estimate of drug-likeness (QED) is 0.811. The standard InChI is InChI=1S/C11H12ClN3O2S2/c1-6-5-18-7(13-6)4-15(2)11-14-9(12)8(19-11)10(16)17-3/h5H,4H2,1-3H3. The molecule has 0 amide bonds. The first-order valence-electron chi connectivity index (χ1n) is 5.38. The van der Waals surface area contributed by atoms with Crippen LogP contribution in [0, 0.1) is 6.92 Å². The van der Waals surface area contributed by atoms with Crippen LogP contribution >= 0.6 is 34.3 Å². The van der Waals surface area contributed by atoms with Gasteiger partial charge in [-0.2, -0.15) is 0 Å². The Bertz CT molecular complexity index is 597. The van der Waals surface area contributed by atoms with Gasteiger partial charge in [-0.1, -0.05) is 22.9 Å². The highest BCUT2D eigenvalue weighted by Gasteiger charge is 2.19. The Balaban J connectivity index is 2.15. The lowest BCUT2D eigenvalue weighted by Gasteiger charge is -2.13. The number of hydrogen-bond acceptors (Lipinski definition) is 7. The number of methoxy groups -OCH3 is 1. The van der Waals surface area contributed by atoms with Gasteiger partial charge in [-0.25, -0.2) is 14.8 Å². The molecule has 19 heavy (non-hydrogen) atoms. The van der Waals surface area contributed by atoms with Gasteiger partial charge in [-0.05, 0) is 6.92 Å². The summed E-state index contributed by atoms with van der Waals surface area (Å²) in [4.78, 5) is 22.2. The fraction of sp³-hybridized carbons (Fsp3) is 0.364. The van der Waals surface area contributed by atoms with E-state index in [9.17, 15) is 4.79 Å². The summed E-state index contributed by atoms with van der Waals surface area (Å²) in [6.45, 7) is 2.58. The molecule has 5 nitrogen and oxygen atoms in total. The first-order chi connectivity index (χ1) is 9.01. The first kappa shape index (κ1) is 14.2. The third kappa shape index (κ3) is 3.23. The number of carbonyl (C=O) groups is 1. The van der Waals surface area contributed by atoms with E-state index in [1.165, 1.54) is 18.4 Å². The molecule has 0 fully saturated rings. The number of aryl methyl sites for hydroxylation is 1. The number of carbonyl (C=O) groups excluding carboxylic acids is 1.